The van der Waals surface area contributed by atoms with Crippen LogP contribution in [0.1, 0.15) is 22.3 Å². The van der Waals surface area contributed by atoms with Crippen molar-refractivity contribution in [3.05, 3.63) is 46.5 Å². The predicted octanol–water partition coefficient (Wildman–Crippen LogP) is 4.02. The summed E-state index contributed by atoms with van der Waals surface area (Å²) in [4.78, 5) is 0. The Balaban J connectivity index is 2.25. The predicted molar refractivity (Wildman–Crippen MR) is 78.3 cm³/mol. The molecule has 0 radical (unpaired) electrons. The summed E-state index contributed by atoms with van der Waals surface area (Å²) in [6.45, 7) is 4.09. The molecule has 1 heterocycles. The zero-order valence-electron chi connectivity index (χ0n) is 12.2. The van der Waals surface area contributed by atoms with E-state index in [9.17, 15) is 0 Å². The topological polar surface area (TPSA) is 27.7 Å². The first-order valence-electron chi connectivity index (χ1n) is 6.67. The van der Waals surface area contributed by atoms with Crippen molar-refractivity contribution in [3.63, 3.8) is 0 Å². The van der Waals surface area contributed by atoms with Gasteiger partial charge in [-0.05, 0) is 31.0 Å². The molecule has 104 valence electrons. The van der Waals surface area contributed by atoms with Gasteiger partial charge in [0.25, 0.3) is 0 Å². The summed E-state index contributed by atoms with van der Waals surface area (Å²) in [6, 6.07) is 8.11. The Labute approximate surface area is 119 Å². The van der Waals surface area contributed by atoms with Crippen LogP contribution in [0.5, 0.6) is 23.0 Å². The first kappa shape index (κ1) is 12.9. The van der Waals surface area contributed by atoms with Crippen molar-refractivity contribution in [1.29, 1.82) is 0 Å². The van der Waals surface area contributed by atoms with Crippen LogP contribution in [0.15, 0.2) is 24.3 Å². The monoisotopic (exact) mass is 270 g/mol. The maximum absolute atomic E-state index is 6.10. The number of fused-ring (bicyclic) bond motifs is 2. The summed E-state index contributed by atoms with van der Waals surface area (Å²) in [5, 5.41) is 0. The molecule has 2 aromatic rings. The lowest BCUT2D eigenvalue weighted by molar-refractivity contribution is 0.343. The van der Waals surface area contributed by atoms with E-state index in [1.165, 1.54) is 5.56 Å². The summed E-state index contributed by atoms with van der Waals surface area (Å²) in [5.74, 6) is 3.40. The molecule has 1 aliphatic heterocycles. The van der Waals surface area contributed by atoms with Crippen molar-refractivity contribution in [2.24, 2.45) is 0 Å². The summed E-state index contributed by atoms with van der Waals surface area (Å²) in [7, 11) is 3.35. The first-order valence-corrected chi connectivity index (χ1v) is 6.67. The second-order valence-corrected chi connectivity index (χ2v) is 5.01. The molecule has 0 saturated heterocycles. The molecular formula is C17H18O3. The van der Waals surface area contributed by atoms with Crippen LogP contribution in [0.25, 0.3) is 0 Å². The zero-order valence-corrected chi connectivity index (χ0v) is 12.2. The van der Waals surface area contributed by atoms with Gasteiger partial charge in [-0.2, -0.15) is 0 Å². The number of ether oxygens (including phenoxy) is 3. The van der Waals surface area contributed by atoms with E-state index in [1.807, 2.05) is 25.1 Å². The van der Waals surface area contributed by atoms with Gasteiger partial charge in [-0.1, -0.05) is 18.2 Å². The molecule has 0 spiro atoms. The molecule has 3 nitrogen and oxygen atoms in total. The average molecular weight is 270 g/mol. The lowest BCUT2D eigenvalue weighted by Gasteiger charge is -2.26. The van der Waals surface area contributed by atoms with Crippen molar-refractivity contribution in [1.82, 2.24) is 0 Å². The van der Waals surface area contributed by atoms with E-state index in [4.69, 9.17) is 14.2 Å². The van der Waals surface area contributed by atoms with Gasteiger partial charge in [0.05, 0.1) is 14.2 Å². The van der Waals surface area contributed by atoms with Gasteiger partial charge in [-0.3, -0.25) is 0 Å². The molecule has 0 bridgehead atoms. The molecule has 0 amide bonds. The van der Waals surface area contributed by atoms with Crippen molar-refractivity contribution < 1.29 is 14.2 Å². The van der Waals surface area contributed by atoms with E-state index in [-0.39, 0.29) is 0 Å². The van der Waals surface area contributed by atoms with Crippen LogP contribution in [0.4, 0.5) is 0 Å². The van der Waals surface area contributed by atoms with E-state index in [0.717, 1.165) is 46.1 Å². The van der Waals surface area contributed by atoms with Crippen molar-refractivity contribution >= 4 is 0 Å². The molecule has 2 aromatic carbocycles. The molecule has 0 N–H and O–H groups in total. The van der Waals surface area contributed by atoms with Crippen LogP contribution >= 0.6 is 0 Å². The van der Waals surface area contributed by atoms with Gasteiger partial charge >= 0.3 is 0 Å². The number of hydrogen-bond donors (Lipinski definition) is 0. The van der Waals surface area contributed by atoms with Crippen LogP contribution in [0.2, 0.25) is 0 Å². The van der Waals surface area contributed by atoms with Gasteiger partial charge in [0, 0.05) is 17.5 Å². The summed E-state index contributed by atoms with van der Waals surface area (Å²) in [6.07, 6.45) is 0.798. The quantitative estimate of drug-likeness (QED) is 0.704. The van der Waals surface area contributed by atoms with Crippen molar-refractivity contribution in [2.75, 3.05) is 14.2 Å². The maximum Gasteiger partial charge on any atom is 0.168 e. The van der Waals surface area contributed by atoms with Gasteiger partial charge in [0.1, 0.15) is 11.5 Å². The van der Waals surface area contributed by atoms with Crippen LogP contribution in [-0.2, 0) is 6.42 Å². The third-order valence-corrected chi connectivity index (χ3v) is 3.96. The third kappa shape index (κ3) is 1.73. The van der Waals surface area contributed by atoms with Gasteiger partial charge in [0.15, 0.2) is 11.5 Å². The molecule has 3 rings (SSSR count). The van der Waals surface area contributed by atoms with Crippen LogP contribution in [-0.4, -0.2) is 14.2 Å². The van der Waals surface area contributed by atoms with Gasteiger partial charge in [-0.15, -0.1) is 0 Å². The zero-order chi connectivity index (χ0) is 14.3. The van der Waals surface area contributed by atoms with Crippen molar-refractivity contribution in [3.8, 4) is 23.0 Å². The second kappa shape index (κ2) is 4.75. The molecular weight excluding hydrogens is 252 g/mol. The normalized spacial score (nSPS) is 12.2. The standard InChI is InChI=1S/C17H18O3/c1-10-11(2)16(18-3)17(19-4)13-9-12-7-5-6-8-14(12)20-15(10)13/h5-8H,9H2,1-4H3. The van der Waals surface area contributed by atoms with E-state index in [0.29, 0.717) is 0 Å². The largest absolute Gasteiger partial charge is 0.493 e. The molecule has 1 aliphatic rings. The van der Waals surface area contributed by atoms with Crippen LogP contribution in [0.3, 0.4) is 0 Å². The maximum atomic E-state index is 6.10. The Hall–Kier alpha value is -2.16. The van der Waals surface area contributed by atoms with Crippen molar-refractivity contribution in [2.45, 2.75) is 20.3 Å². The van der Waals surface area contributed by atoms with Gasteiger partial charge < -0.3 is 14.2 Å². The number of benzene rings is 2. The number of methoxy groups -OCH3 is 2. The highest BCUT2D eigenvalue weighted by molar-refractivity contribution is 5.66. The van der Waals surface area contributed by atoms with Crippen LogP contribution < -0.4 is 14.2 Å². The summed E-state index contributed by atoms with van der Waals surface area (Å²) < 4.78 is 17.2. The van der Waals surface area contributed by atoms with Crippen LogP contribution in [0, 0.1) is 13.8 Å². The van der Waals surface area contributed by atoms with Gasteiger partial charge in [-0.25, -0.2) is 0 Å². The molecule has 20 heavy (non-hydrogen) atoms. The Kier molecular flexibility index (Phi) is 3.05. The fourth-order valence-electron chi connectivity index (χ4n) is 2.79. The summed E-state index contributed by atoms with van der Waals surface area (Å²) in [5.41, 5.74) is 4.39. The Morgan fingerprint density at radius 1 is 0.950 bits per heavy atom. The lowest BCUT2D eigenvalue weighted by Crippen LogP contribution is -2.09. The van der Waals surface area contributed by atoms with E-state index < -0.39 is 0 Å². The molecule has 3 heteroatoms. The average Bonchev–Trinajstić information content (AvgIpc) is 2.49. The molecule has 0 unspecified atom stereocenters. The minimum absolute atomic E-state index is 0.778. The van der Waals surface area contributed by atoms with Gasteiger partial charge in [0.2, 0.25) is 0 Å². The first-order chi connectivity index (χ1) is 9.67. The highest BCUT2D eigenvalue weighted by Crippen LogP contribution is 2.49. The van der Waals surface area contributed by atoms with E-state index in [1.54, 1.807) is 14.2 Å². The number of para-hydroxylation sites is 1. The molecule has 0 fully saturated rings. The highest BCUT2D eigenvalue weighted by atomic mass is 16.5. The van der Waals surface area contributed by atoms with E-state index >= 15 is 0 Å². The highest BCUT2D eigenvalue weighted by Gasteiger charge is 2.27. The minimum atomic E-state index is 0.778. The fraction of sp³-hybridized carbons (Fsp3) is 0.294. The molecule has 0 saturated carbocycles. The SMILES string of the molecule is COc1c(C)c(C)c2c(c1OC)Cc1ccccc1O2. The molecule has 0 atom stereocenters. The Bertz CT molecular complexity index is 674. The number of rotatable bonds is 2. The lowest BCUT2D eigenvalue weighted by atomic mass is 9.94. The van der Waals surface area contributed by atoms with E-state index in [2.05, 4.69) is 13.0 Å². The summed E-state index contributed by atoms with van der Waals surface area (Å²) >= 11 is 0. The Morgan fingerprint density at radius 2 is 1.65 bits per heavy atom. The second-order valence-electron chi connectivity index (χ2n) is 5.01. The molecule has 0 aromatic heterocycles. The third-order valence-electron chi connectivity index (χ3n) is 3.96. The minimum Gasteiger partial charge on any atom is -0.493 e. The fourth-order valence-corrected chi connectivity index (χ4v) is 2.79. The molecule has 0 aliphatic carbocycles. The number of hydrogen-bond acceptors (Lipinski definition) is 3. The Morgan fingerprint density at radius 3 is 2.35 bits per heavy atom. The smallest absolute Gasteiger partial charge is 0.168 e.